The van der Waals surface area contributed by atoms with Gasteiger partial charge in [0.25, 0.3) is 0 Å². The first-order valence-corrected chi connectivity index (χ1v) is 9.44. The predicted molar refractivity (Wildman–Crippen MR) is 100 cm³/mol. The third kappa shape index (κ3) is 7.93. The lowest BCUT2D eigenvalue weighted by atomic mass is 10.1. The van der Waals surface area contributed by atoms with Crippen molar-refractivity contribution in [3.05, 3.63) is 0 Å². The maximum absolute atomic E-state index is 12.5. The van der Waals surface area contributed by atoms with Crippen LogP contribution in [-0.4, -0.2) is 93.5 Å². The summed E-state index contributed by atoms with van der Waals surface area (Å²) in [6.45, 7) is 1.00. The fraction of sp³-hybridized carbons (Fsp3) is 0.706. The highest BCUT2D eigenvalue weighted by Gasteiger charge is 2.33. The van der Waals surface area contributed by atoms with E-state index >= 15 is 0 Å². The van der Waals surface area contributed by atoms with Gasteiger partial charge < -0.3 is 41.7 Å². The Morgan fingerprint density at radius 3 is 2.13 bits per heavy atom. The summed E-state index contributed by atoms with van der Waals surface area (Å²) < 4.78 is 0. The fourth-order valence-corrected chi connectivity index (χ4v) is 2.82. The minimum absolute atomic E-state index is 0.400. The number of aliphatic hydroxyl groups excluding tert-OH is 2. The molecule has 0 aromatic carbocycles. The molecule has 0 aliphatic carbocycles. The van der Waals surface area contributed by atoms with E-state index in [0.717, 1.165) is 6.42 Å². The Balaban J connectivity index is 2.74. The molecule has 5 unspecified atom stereocenters. The van der Waals surface area contributed by atoms with Crippen LogP contribution in [0.25, 0.3) is 0 Å². The first-order chi connectivity index (χ1) is 14.1. The number of carbonyl (C=O) groups is 5. The van der Waals surface area contributed by atoms with Crippen LogP contribution in [0.15, 0.2) is 0 Å². The quantitative estimate of drug-likeness (QED) is 0.152. The molecule has 1 aliphatic heterocycles. The molecule has 0 bridgehead atoms. The summed E-state index contributed by atoms with van der Waals surface area (Å²) in [4.78, 5) is 58.7. The molecule has 5 atom stereocenters. The van der Waals surface area contributed by atoms with Gasteiger partial charge in [-0.25, -0.2) is 4.79 Å². The van der Waals surface area contributed by atoms with Crippen LogP contribution >= 0.6 is 0 Å². The van der Waals surface area contributed by atoms with Crippen molar-refractivity contribution in [2.45, 2.75) is 62.9 Å². The van der Waals surface area contributed by atoms with Gasteiger partial charge in [0, 0.05) is 6.42 Å². The van der Waals surface area contributed by atoms with Crippen LogP contribution < -0.4 is 21.3 Å². The molecule has 8 N–H and O–H groups in total. The van der Waals surface area contributed by atoms with E-state index in [4.69, 9.17) is 10.2 Å². The van der Waals surface area contributed by atoms with Gasteiger partial charge in [-0.15, -0.1) is 0 Å². The largest absolute Gasteiger partial charge is 0.481 e. The van der Waals surface area contributed by atoms with E-state index in [1.165, 1.54) is 6.92 Å². The molecular weight excluding hydrogens is 404 g/mol. The summed E-state index contributed by atoms with van der Waals surface area (Å²) >= 11 is 0. The topological polar surface area (TPSA) is 214 Å². The van der Waals surface area contributed by atoms with Crippen molar-refractivity contribution in [1.82, 2.24) is 21.3 Å². The second kappa shape index (κ2) is 12.0. The minimum atomic E-state index is -1.58. The number of hydrogen-bond acceptors (Lipinski definition) is 8. The van der Waals surface area contributed by atoms with E-state index in [-0.39, 0.29) is 0 Å². The van der Waals surface area contributed by atoms with Crippen LogP contribution in [0, 0.1) is 0 Å². The number of aliphatic hydroxyl groups is 2. The van der Waals surface area contributed by atoms with Gasteiger partial charge in [-0.2, -0.15) is 0 Å². The Morgan fingerprint density at radius 1 is 1.03 bits per heavy atom. The lowest BCUT2D eigenvalue weighted by Gasteiger charge is -2.25. The van der Waals surface area contributed by atoms with Gasteiger partial charge >= 0.3 is 11.9 Å². The zero-order chi connectivity index (χ0) is 22.8. The maximum Gasteiger partial charge on any atom is 0.326 e. The van der Waals surface area contributed by atoms with Crippen molar-refractivity contribution in [2.24, 2.45) is 0 Å². The summed E-state index contributed by atoms with van der Waals surface area (Å²) in [5, 5.41) is 46.5. The van der Waals surface area contributed by atoms with Gasteiger partial charge in [0.2, 0.25) is 17.7 Å². The molecule has 0 saturated carbocycles. The lowest BCUT2D eigenvalue weighted by molar-refractivity contribution is -0.143. The van der Waals surface area contributed by atoms with Crippen molar-refractivity contribution < 1.29 is 44.4 Å². The van der Waals surface area contributed by atoms with Crippen molar-refractivity contribution in [3.8, 4) is 0 Å². The molecule has 1 rings (SSSR count). The average Bonchev–Trinajstić information content (AvgIpc) is 3.21. The van der Waals surface area contributed by atoms with Crippen LogP contribution in [0.1, 0.15) is 32.6 Å². The molecule has 0 radical (unpaired) electrons. The lowest BCUT2D eigenvalue weighted by Crippen LogP contribution is -2.60. The van der Waals surface area contributed by atoms with E-state index in [0.29, 0.717) is 13.0 Å². The summed E-state index contributed by atoms with van der Waals surface area (Å²) in [6, 6.07) is -5.04. The summed E-state index contributed by atoms with van der Waals surface area (Å²) in [5.74, 6) is -5.25. The number of carboxylic acids is 2. The maximum atomic E-state index is 12.5. The fourth-order valence-electron chi connectivity index (χ4n) is 2.82. The molecule has 1 saturated heterocycles. The molecule has 1 heterocycles. The molecule has 0 aromatic heterocycles. The molecule has 13 heteroatoms. The zero-order valence-electron chi connectivity index (χ0n) is 16.5. The normalized spacial score (nSPS) is 19.8. The van der Waals surface area contributed by atoms with Crippen molar-refractivity contribution in [1.29, 1.82) is 0 Å². The molecular formula is C17H28N4O9. The van der Waals surface area contributed by atoms with Gasteiger partial charge in [0.1, 0.15) is 18.1 Å². The highest BCUT2D eigenvalue weighted by atomic mass is 16.4. The van der Waals surface area contributed by atoms with Crippen molar-refractivity contribution in [2.75, 3.05) is 13.2 Å². The Morgan fingerprint density at radius 2 is 1.67 bits per heavy atom. The van der Waals surface area contributed by atoms with E-state index in [9.17, 15) is 34.2 Å². The molecule has 0 spiro atoms. The monoisotopic (exact) mass is 432 g/mol. The molecule has 1 fully saturated rings. The molecule has 30 heavy (non-hydrogen) atoms. The third-order valence-electron chi connectivity index (χ3n) is 4.52. The number of carbonyl (C=O) groups excluding carboxylic acids is 3. The second-order valence-corrected chi connectivity index (χ2v) is 6.95. The molecule has 0 aromatic rings. The van der Waals surface area contributed by atoms with E-state index in [1.54, 1.807) is 0 Å². The summed E-state index contributed by atoms with van der Waals surface area (Å²) in [5.41, 5.74) is 0. The highest BCUT2D eigenvalue weighted by molar-refractivity contribution is 5.94. The summed E-state index contributed by atoms with van der Waals surface area (Å²) in [7, 11) is 0. The van der Waals surface area contributed by atoms with Crippen LogP contribution in [0.4, 0.5) is 0 Å². The van der Waals surface area contributed by atoms with E-state index in [2.05, 4.69) is 16.0 Å². The summed E-state index contributed by atoms with van der Waals surface area (Å²) in [6.07, 6.45) is -0.889. The van der Waals surface area contributed by atoms with Gasteiger partial charge in [-0.3, -0.25) is 19.2 Å². The Labute approximate surface area is 172 Å². The number of hydrogen-bond donors (Lipinski definition) is 8. The highest BCUT2D eigenvalue weighted by Crippen LogP contribution is 2.06. The van der Waals surface area contributed by atoms with Gasteiger partial charge in [-0.05, 0) is 32.7 Å². The molecule has 170 valence electrons. The van der Waals surface area contributed by atoms with E-state index in [1.807, 2.05) is 5.32 Å². The van der Waals surface area contributed by atoms with Crippen LogP contribution in [0.2, 0.25) is 0 Å². The average molecular weight is 432 g/mol. The predicted octanol–water partition coefficient (Wildman–Crippen LogP) is -3.48. The van der Waals surface area contributed by atoms with Crippen LogP contribution in [0.3, 0.4) is 0 Å². The number of amides is 3. The van der Waals surface area contributed by atoms with Crippen molar-refractivity contribution >= 4 is 29.7 Å². The second-order valence-electron chi connectivity index (χ2n) is 6.95. The molecule has 1 aliphatic rings. The zero-order valence-corrected chi connectivity index (χ0v) is 16.5. The Bertz CT molecular complexity index is 649. The number of aliphatic carboxylic acids is 2. The Kier molecular flexibility index (Phi) is 10.1. The first kappa shape index (κ1) is 25.3. The van der Waals surface area contributed by atoms with Gasteiger partial charge in [-0.1, -0.05) is 0 Å². The van der Waals surface area contributed by atoms with Crippen molar-refractivity contribution in [3.63, 3.8) is 0 Å². The molecule has 3 amide bonds. The van der Waals surface area contributed by atoms with Crippen LogP contribution in [-0.2, 0) is 24.0 Å². The van der Waals surface area contributed by atoms with Crippen LogP contribution in [0.5, 0.6) is 0 Å². The van der Waals surface area contributed by atoms with Gasteiger partial charge in [0.05, 0.1) is 18.8 Å². The van der Waals surface area contributed by atoms with Gasteiger partial charge in [0.15, 0.2) is 0 Å². The smallest absolute Gasteiger partial charge is 0.326 e. The number of nitrogens with one attached hydrogen (secondary N) is 4. The first-order valence-electron chi connectivity index (χ1n) is 9.44. The molecule has 13 nitrogen and oxygen atoms in total. The number of carboxylic acid groups (broad SMARTS) is 2. The third-order valence-corrected chi connectivity index (χ3v) is 4.52. The standard InChI is InChI=1S/C17H28N4O9/c1-8(23)13(21-14(26)9-3-2-6-18-9)16(28)20-11(7-22)15(27)19-10(17(29)30)4-5-12(24)25/h8-11,13,18,22-23H,2-7H2,1H3,(H,19,27)(H,20,28)(H,21,26)(H,24,25)(H,29,30). The number of rotatable bonds is 12. The minimum Gasteiger partial charge on any atom is -0.481 e. The van der Waals surface area contributed by atoms with E-state index < -0.39 is 79.4 Å². The Hall–Kier alpha value is -2.77. The SMILES string of the molecule is CC(O)C(NC(=O)C1CCCN1)C(=O)NC(CO)C(=O)NC(CCC(=O)O)C(=O)O.